The van der Waals surface area contributed by atoms with E-state index < -0.39 is 11.9 Å². The summed E-state index contributed by atoms with van der Waals surface area (Å²) in [5.41, 5.74) is 0.462. The first kappa shape index (κ1) is 15.3. The van der Waals surface area contributed by atoms with Crippen molar-refractivity contribution in [3.63, 3.8) is 0 Å². The van der Waals surface area contributed by atoms with Gasteiger partial charge < -0.3 is 14.5 Å². The third-order valence-corrected chi connectivity index (χ3v) is 2.97. The smallest absolute Gasteiger partial charge is 0.230 e. The normalized spacial score (nSPS) is 12.6. The molecule has 0 aliphatic carbocycles. The summed E-state index contributed by atoms with van der Waals surface area (Å²) in [5, 5.41) is 16.2. The summed E-state index contributed by atoms with van der Waals surface area (Å²) in [7, 11) is 3.55. The van der Waals surface area contributed by atoms with Gasteiger partial charge in [-0.15, -0.1) is 0 Å². The summed E-state index contributed by atoms with van der Waals surface area (Å²) in [4.78, 5) is 12.1. The van der Waals surface area contributed by atoms with Crippen molar-refractivity contribution in [1.29, 1.82) is 0 Å². The SMILES string of the molecule is CN(C)/N=C\c1ccc(C(=O)[C@@H](O)c2ccc(Cl)cc2)o1. The number of aliphatic hydroxyl groups is 1. The van der Waals surface area contributed by atoms with Crippen molar-refractivity contribution in [3.05, 3.63) is 58.5 Å². The summed E-state index contributed by atoms with van der Waals surface area (Å²) in [6.07, 6.45) is 0.206. The fraction of sp³-hybridized carbons (Fsp3) is 0.200. The maximum Gasteiger partial charge on any atom is 0.230 e. The van der Waals surface area contributed by atoms with Crippen molar-refractivity contribution in [2.45, 2.75) is 6.10 Å². The van der Waals surface area contributed by atoms with Crippen molar-refractivity contribution in [2.75, 3.05) is 14.1 Å². The zero-order chi connectivity index (χ0) is 15.4. The molecule has 2 rings (SSSR count). The van der Waals surface area contributed by atoms with Gasteiger partial charge in [0.1, 0.15) is 11.9 Å². The Bertz CT molecular complexity index is 647. The van der Waals surface area contributed by atoms with Gasteiger partial charge in [0.25, 0.3) is 0 Å². The molecule has 0 aliphatic rings. The van der Waals surface area contributed by atoms with Crippen LogP contribution < -0.4 is 0 Å². The van der Waals surface area contributed by atoms with Crippen LogP contribution >= 0.6 is 11.6 Å². The minimum Gasteiger partial charge on any atom is -0.452 e. The molecule has 1 aromatic carbocycles. The molecule has 0 bridgehead atoms. The van der Waals surface area contributed by atoms with Crippen LogP contribution in [0.25, 0.3) is 0 Å². The molecule has 1 heterocycles. The van der Waals surface area contributed by atoms with Crippen molar-refractivity contribution < 1.29 is 14.3 Å². The molecule has 6 heteroatoms. The number of carbonyl (C=O) groups excluding carboxylic acids is 1. The van der Waals surface area contributed by atoms with Crippen LogP contribution in [0, 0.1) is 0 Å². The van der Waals surface area contributed by atoms with Crippen LogP contribution in [-0.2, 0) is 0 Å². The van der Waals surface area contributed by atoms with Crippen LogP contribution in [0.2, 0.25) is 5.02 Å². The standard InChI is InChI=1S/C15H15ClN2O3/c1-18(2)17-9-12-7-8-13(21-12)15(20)14(19)10-3-5-11(16)6-4-10/h3-9,14,19H,1-2H3/b17-9-/t14-/m0/s1. The Hall–Kier alpha value is -2.11. The summed E-state index contributed by atoms with van der Waals surface area (Å²) >= 11 is 5.77. The number of carbonyl (C=O) groups is 1. The van der Waals surface area contributed by atoms with E-state index in [9.17, 15) is 9.90 Å². The molecule has 0 radical (unpaired) electrons. The number of aliphatic hydroxyl groups excluding tert-OH is 1. The van der Waals surface area contributed by atoms with Gasteiger partial charge in [0.05, 0.1) is 6.21 Å². The average Bonchev–Trinajstić information content (AvgIpc) is 2.93. The maximum absolute atomic E-state index is 12.1. The van der Waals surface area contributed by atoms with Crippen LogP contribution in [0.1, 0.15) is 28.0 Å². The van der Waals surface area contributed by atoms with Gasteiger partial charge >= 0.3 is 0 Å². The van der Waals surface area contributed by atoms with E-state index in [2.05, 4.69) is 5.10 Å². The largest absolute Gasteiger partial charge is 0.452 e. The molecule has 2 aromatic rings. The lowest BCUT2D eigenvalue weighted by atomic mass is 10.0. The predicted molar refractivity (Wildman–Crippen MR) is 80.7 cm³/mol. The van der Waals surface area contributed by atoms with E-state index in [-0.39, 0.29) is 5.76 Å². The topological polar surface area (TPSA) is 66.0 Å². The van der Waals surface area contributed by atoms with E-state index in [4.69, 9.17) is 16.0 Å². The highest BCUT2D eigenvalue weighted by Gasteiger charge is 2.22. The molecule has 0 saturated carbocycles. The van der Waals surface area contributed by atoms with Gasteiger partial charge in [-0.25, -0.2) is 0 Å². The Balaban J connectivity index is 2.14. The molecule has 21 heavy (non-hydrogen) atoms. The highest BCUT2D eigenvalue weighted by Crippen LogP contribution is 2.21. The first-order valence-corrected chi connectivity index (χ1v) is 6.64. The molecular weight excluding hydrogens is 292 g/mol. The summed E-state index contributed by atoms with van der Waals surface area (Å²) in [5.74, 6) is 0.00911. The van der Waals surface area contributed by atoms with E-state index in [1.807, 2.05) is 0 Å². The molecule has 110 valence electrons. The van der Waals surface area contributed by atoms with Gasteiger partial charge in [0.2, 0.25) is 5.78 Å². The molecule has 1 aromatic heterocycles. The summed E-state index contributed by atoms with van der Waals surface area (Å²) < 4.78 is 5.35. The Morgan fingerprint density at radius 3 is 2.57 bits per heavy atom. The molecule has 0 fully saturated rings. The van der Waals surface area contributed by atoms with Crippen LogP contribution in [0.15, 0.2) is 45.9 Å². The predicted octanol–water partition coefficient (Wildman–Crippen LogP) is 2.74. The molecule has 0 unspecified atom stereocenters. The van der Waals surface area contributed by atoms with Gasteiger partial charge in [-0.05, 0) is 29.8 Å². The number of benzene rings is 1. The number of furan rings is 1. The number of ketones is 1. The number of Topliss-reactive ketones (excluding diaryl/α,β-unsaturated/α-hetero) is 1. The van der Waals surface area contributed by atoms with Gasteiger partial charge in [0, 0.05) is 19.1 Å². The third kappa shape index (κ3) is 3.93. The highest BCUT2D eigenvalue weighted by molar-refractivity contribution is 6.30. The number of nitrogens with zero attached hydrogens (tertiary/aromatic N) is 2. The van der Waals surface area contributed by atoms with E-state index in [1.165, 1.54) is 12.3 Å². The highest BCUT2D eigenvalue weighted by atomic mass is 35.5. The molecular formula is C15H15ClN2O3. The molecule has 0 aliphatic heterocycles. The number of hydrogen-bond acceptors (Lipinski definition) is 5. The zero-order valence-electron chi connectivity index (χ0n) is 11.7. The zero-order valence-corrected chi connectivity index (χ0v) is 12.4. The maximum atomic E-state index is 12.1. The number of hydrazone groups is 1. The number of hydrogen-bond donors (Lipinski definition) is 1. The van der Waals surface area contributed by atoms with Crippen molar-refractivity contribution in [3.8, 4) is 0 Å². The first-order valence-electron chi connectivity index (χ1n) is 6.26. The molecule has 0 amide bonds. The van der Waals surface area contributed by atoms with Crippen LogP contribution in [-0.4, -0.2) is 36.2 Å². The Labute approximate surface area is 127 Å². The second-order valence-electron chi connectivity index (χ2n) is 4.61. The van der Waals surface area contributed by atoms with Crippen LogP contribution in [0.4, 0.5) is 0 Å². The lowest BCUT2D eigenvalue weighted by Gasteiger charge is -2.08. The Morgan fingerprint density at radius 1 is 1.29 bits per heavy atom. The number of rotatable bonds is 5. The van der Waals surface area contributed by atoms with Crippen molar-refractivity contribution in [1.82, 2.24) is 5.01 Å². The molecule has 0 saturated heterocycles. The van der Waals surface area contributed by atoms with Gasteiger partial charge in [-0.1, -0.05) is 23.7 Å². The number of halogens is 1. The summed E-state index contributed by atoms with van der Waals surface area (Å²) in [6.45, 7) is 0. The first-order chi connectivity index (χ1) is 9.97. The second-order valence-corrected chi connectivity index (χ2v) is 5.05. The fourth-order valence-electron chi connectivity index (χ4n) is 1.66. The van der Waals surface area contributed by atoms with Gasteiger partial charge in [0.15, 0.2) is 5.76 Å². The minimum absolute atomic E-state index is 0.0812. The monoisotopic (exact) mass is 306 g/mol. The van der Waals surface area contributed by atoms with E-state index in [0.717, 1.165) is 0 Å². The van der Waals surface area contributed by atoms with E-state index in [1.54, 1.807) is 49.4 Å². The van der Waals surface area contributed by atoms with Gasteiger partial charge in [-0.3, -0.25) is 4.79 Å². The van der Waals surface area contributed by atoms with Crippen molar-refractivity contribution in [2.24, 2.45) is 5.10 Å². The minimum atomic E-state index is -1.29. The second kappa shape index (κ2) is 6.56. The Morgan fingerprint density at radius 2 is 1.95 bits per heavy atom. The summed E-state index contributed by atoms with van der Waals surface area (Å²) in [6, 6.07) is 9.56. The molecule has 5 nitrogen and oxygen atoms in total. The van der Waals surface area contributed by atoms with E-state index >= 15 is 0 Å². The quantitative estimate of drug-likeness (QED) is 0.524. The third-order valence-electron chi connectivity index (χ3n) is 2.72. The lowest BCUT2D eigenvalue weighted by molar-refractivity contribution is 0.0717. The Kier molecular flexibility index (Phi) is 4.77. The van der Waals surface area contributed by atoms with Crippen LogP contribution in [0.3, 0.4) is 0 Å². The van der Waals surface area contributed by atoms with Crippen LogP contribution in [0.5, 0.6) is 0 Å². The average molecular weight is 307 g/mol. The van der Waals surface area contributed by atoms with Gasteiger partial charge in [-0.2, -0.15) is 5.10 Å². The van der Waals surface area contributed by atoms with Crippen molar-refractivity contribution >= 4 is 23.6 Å². The molecule has 0 spiro atoms. The van der Waals surface area contributed by atoms with E-state index in [0.29, 0.717) is 16.3 Å². The molecule has 1 N–H and O–H groups in total. The molecule has 1 atom stereocenters. The lowest BCUT2D eigenvalue weighted by Crippen LogP contribution is -2.11. The fourth-order valence-corrected chi connectivity index (χ4v) is 1.78.